The van der Waals surface area contributed by atoms with Gasteiger partial charge >= 0.3 is 0 Å². The van der Waals surface area contributed by atoms with Gasteiger partial charge in [0.1, 0.15) is 6.10 Å². The molecule has 0 aromatic heterocycles. The Hall–Kier alpha value is -2.88. The van der Waals surface area contributed by atoms with Crippen LogP contribution in [0.4, 0.5) is 0 Å². The molecule has 5 atom stereocenters. The molecule has 1 aromatic rings. The maximum atomic E-state index is 10.3. The molecule has 5 unspecified atom stereocenters. The number of hydrogen-bond donors (Lipinski definition) is 1. The molecule has 4 rings (SSSR count). The van der Waals surface area contributed by atoms with Gasteiger partial charge in [-0.1, -0.05) is 44.5 Å². The van der Waals surface area contributed by atoms with Gasteiger partial charge in [-0.15, -0.1) is 0 Å². The summed E-state index contributed by atoms with van der Waals surface area (Å²) >= 11 is 0. The Labute approximate surface area is 171 Å². The standard InChI is InChI=1S/C23H24N4O2/c1-3-15-5-7-17(8-6-15)19-21(12-24,13-25)22(14-26)18-11-16(4-2)9-10-23(18,28-19)29-20(22)27/h5-8,16,18-19,27H,3-4,9-11H2,1-2H3. The summed E-state index contributed by atoms with van der Waals surface area (Å²) in [5.74, 6) is -1.56. The lowest BCUT2D eigenvalue weighted by Gasteiger charge is -2.52. The molecule has 1 N–H and O–H groups in total. The summed E-state index contributed by atoms with van der Waals surface area (Å²) in [6, 6.07) is 14.1. The van der Waals surface area contributed by atoms with E-state index in [1.807, 2.05) is 24.3 Å². The number of benzene rings is 1. The largest absolute Gasteiger partial charge is 0.447 e. The van der Waals surface area contributed by atoms with Gasteiger partial charge in [0.05, 0.1) is 24.1 Å². The second-order valence-corrected chi connectivity index (χ2v) is 8.39. The van der Waals surface area contributed by atoms with Gasteiger partial charge in [0.15, 0.2) is 5.41 Å². The summed E-state index contributed by atoms with van der Waals surface area (Å²) in [6.07, 6.45) is 2.89. The molecule has 0 amide bonds. The van der Waals surface area contributed by atoms with Gasteiger partial charge in [-0.3, -0.25) is 5.41 Å². The summed E-state index contributed by atoms with van der Waals surface area (Å²) in [5.41, 5.74) is -1.70. The topological polar surface area (TPSA) is 114 Å². The summed E-state index contributed by atoms with van der Waals surface area (Å²) in [6.45, 7) is 4.15. The molecule has 0 radical (unpaired) electrons. The number of nitrogens with zero attached hydrogens (tertiary/aromatic N) is 3. The fourth-order valence-corrected chi connectivity index (χ4v) is 5.52. The van der Waals surface area contributed by atoms with Gasteiger partial charge in [-0.05, 0) is 36.3 Å². The van der Waals surface area contributed by atoms with Crippen LogP contribution in [0.1, 0.15) is 56.8 Å². The van der Waals surface area contributed by atoms with E-state index in [0.717, 1.165) is 24.8 Å². The van der Waals surface area contributed by atoms with E-state index in [-0.39, 0.29) is 5.90 Å². The second-order valence-electron chi connectivity index (χ2n) is 8.39. The molecule has 3 aliphatic rings. The third-order valence-corrected chi connectivity index (χ3v) is 7.29. The zero-order valence-corrected chi connectivity index (χ0v) is 16.7. The van der Waals surface area contributed by atoms with E-state index in [9.17, 15) is 15.8 Å². The molecule has 6 nitrogen and oxygen atoms in total. The molecule has 6 heteroatoms. The van der Waals surface area contributed by atoms with Crippen molar-refractivity contribution >= 4 is 5.90 Å². The Bertz CT molecular complexity index is 953. The van der Waals surface area contributed by atoms with Gasteiger partial charge in [-0.25, -0.2) is 0 Å². The van der Waals surface area contributed by atoms with E-state index in [4.69, 9.17) is 14.9 Å². The lowest BCUT2D eigenvalue weighted by Crippen LogP contribution is -2.61. The third kappa shape index (κ3) is 2.26. The first-order valence-electron chi connectivity index (χ1n) is 10.2. The normalized spacial score (nSPS) is 36.8. The van der Waals surface area contributed by atoms with Crippen LogP contribution in [0.5, 0.6) is 0 Å². The Kier molecular flexibility index (Phi) is 4.41. The maximum absolute atomic E-state index is 10.3. The average Bonchev–Trinajstić information content (AvgIpc) is 2.97. The molecule has 2 aliphatic heterocycles. The second kappa shape index (κ2) is 6.58. The van der Waals surface area contributed by atoms with E-state index < -0.39 is 28.6 Å². The third-order valence-electron chi connectivity index (χ3n) is 7.29. The summed E-state index contributed by atoms with van der Waals surface area (Å²) in [7, 11) is 0. The van der Waals surface area contributed by atoms with Gasteiger partial charge in [0, 0.05) is 6.42 Å². The van der Waals surface area contributed by atoms with Crippen molar-refractivity contribution in [3.05, 3.63) is 35.4 Å². The number of rotatable bonds is 3. The first-order chi connectivity index (χ1) is 14.0. The lowest BCUT2D eigenvalue weighted by molar-refractivity contribution is -0.299. The SMILES string of the molecule is CCc1ccc(C2OC34CCC(CC)CC3C(C#N)(C(=N)O4)C2(C#N)C#N)cc1. The molecule has 2 heterocycles. The van der Waals surface area contributed by atoms with Crippen molar-refractivity contribution in [3.63, 3.8) is 0 Å². The van der Waals surface area contributed by atoms with Crippen LogP contribution in [0.3, 0.4) is 0 Å². The zero-order chi connectivity index (χ0) is 20.9. The predicted molar refractivity (Wildman–Crippen MR) is 104 cm³/mol. The molecular weight excluding hydrogens is 364 g/mol. The summed E-state index contributed by atoms with van der Waals surface area (Å²) < 4.78 is 12.4. The summed E-state index contributed by atoms with van der Waals surface area (Å²) in [5, 5.41) is 39.5. The van der Waals surface area contributed by atoms with Gasteiger partial charge in [-0.2, -0.15) is 15.8 Å². The van der Waals surface area contributed by atoms with Crippen LogP contribution >= 0.6 is 0 Å². The minimum Gasteiger partial charge on any atom is -0.447 e. The highest BCUT2D eigenvalue weighted by molar-refractivity contribution is 5.89. The van der Waals surface area contributed by atoms with Crippen LogP contribution in [0, 0.1) is 62.1 Å². The van der Waals surface area contributed by atoms with Crippen LogP contribution in [0.2, 0.25) is 0 Å². The van der Waals surface area contributed by atoms with Gasteiger partial charge < -0.3 is 9.47 Å². The molecule has 1 aliphatic carbocycles. The molecule has 3 fully saturated rings. The molecule has 1 aromatic carbocycles. The first kappa shape index (κ1) is 19.4. The smallest absolute Gasteiger partial charge is 0.217 e. The molecule has 1 saturated carbocycles. The molecule has 2 saturated heterocycles. The fourth-order valence-electron chi connectivity index (χ4n) is 5.52. The Morgan fingerprint density at radius 1 is 1.10 bits per heavy atom. The Balaban J connectivity index is 1.93. The van der Waals surface area contributed by atoms with Crippen LogP contribution < -0.4 is 0 Å². The zero-order valence-electron chi connectivity index (χ0n) is 16.7. The fraction of sp³-hybridized carbons (Fsp3) is 0.565. The minimum atomic E-state index is -1.85. The van der Waals surface area contributed by atoms with Crippen molar-refractivity contribution in [2.45, 2.75) is 57.8 Å². The van der Waals surface area contributed by atoms with E-state index in [2.05, 4.69) is 32.1 Å². The van der Waals surface area contributed by atoms with Crippen molar-refractivity contribution < 1.29 is 9.47 Å². The highest BCUT2D eigenvalue weighted by atomic mass is 16.7. The van der Waals surface area contributed by atoms with Crippen molar-refractivity contribution in [1.29, 1.82) is 21.2 Å². The average molecular weight is 388 g/mol. The predicted octanol–water partition coefficient (Wildman–Crippen LogP) is 4.39. The Morgan fingerprint density at radius 3 is 2.34 bits per heavy atom. The van der Waals surface area contributed by atoms with Crippen molar-refractivity contribution in [1.82, 2.24) is 0 Å². The lowest BCUT2D eigenvalue weighted by atomic mass is 9.50. The number of nitriles is 3. The van der Waals surface area contributed by atoms with Crippen molar-refractivity contribution in [2.75, 3.05) is 0 Å². The molecule has 29 heavy (non-hydrogen) atoms. The highest BCUT2D eigenvalue weighted by Gasteiger charge is 2.80. The van der Waals surface area contributed by atoms with Crippen LogP contribution in [0.25, 0.3) is 0 Å². The highest BCUT2D eigenvalue weighted by Crippen LogP contribution is 2.70. The Morgan fingerprint density at radius 2 is 1.79 bits per heavy atom. The van der Waals surface area contributed by atoms with E-state index in [0.29, 0.717) is 24.3 Å². The van der Waals surface area contributed by atoms with Crippen molar-refractivity contribution in [2.24, 2.45) is 22.7 Å². The van der Waals surface area contributed by atoms with Crippen LogP contribution in [-0.4, -0.2) is 11.7 Å². The number of nitrogens with one attached hydrogen (secondary N) is 1. The quantitative estimate of drug-likeness (QED) is 0.824. The van der Waals surface area contributed by atoms with Gasteiger partial charge in [0.2, 0.25) is 17.1 Å². The summed E-state index contributed by atoms with van der Waals surface area (Å²) in [4.78, 5) is 0. The number of ether oxygens (including phenoxy) is 2. The first-order valence-corrected chi connectivity index (χ1v) is 10.2. The number of aryl methyl sites for hydroxylation is 1. The monoisotopic (exact) mass is 388 g/mol. The van der Waals surface area contributed by atoms with Crippen LogP contribution in [-0.2, 0) is 15.9 Å². The molecule has 2 bridgehead atoms. The van der Waals surface area contributed by atoms with E-state index >= 15 is 0 Å². The number of hydrogen-bond acceptors (Lipinski definition) is 6. The molecular formula is C23H24N4O2. The van der Waals surface area contributed by atoms with E-state index in [1.165, 1.54) is 0 Å². The minimum absolute atomic E-state index is 0.294. The maximum Gasteiger partial charge on any atom is 0.217 e. The van der Waals surface area contributed by atoms with E-state index in [1.54, 1.807) is 0 Å². The van der Waals surface area contributed by atoms with Crippen LogP contribution in [0.15, 0.2) is 24.3 Å². The van der Waals surface area contributed by atoms with Crippen molar-refractivity contribution in [3.8, 4) is 18.2 Å². The molecule has 0 spiro atoms. The molecule has 148 valence electrons. The van der Waals surface area contributed by atoms with Gasteiger partial charge in [0.25, 0.3) is 0 Å².